The molecule has 0 aliphatic carbocycles. The van der Waals surface area contributed by atoms with Gasteiger partial charge in [0.25, 0.3) is 5.91 Å². The minimum absolute atomic E-state index is 0. The fourth-order valence-electron chi connectivity index (χ4n) is 3.69. The van der Waals surface area contributed by atoms with Gasteiger partial charge in [-0.25, -0.2) is 0 Å². The number of aromatic nitrogens is 2. The normalized spacial score (nSPS) is 20.4. The van der Waals surface area contributed by atoms with E-state index in [1.807, 2.05) is 42.4 Å². The van der Waals surface area contributed by atoms with Gasteiger partial charge in [0.05, 0.1) is 5.56 Å². The zero-order chi connectivity index (χ0) is 17.4. The lowest BCUT2D eigenvalue weighted by Crippen LogP contribution is -2.49. The Morgan fingerprint density at radius 2 is 2.08 bits per heavy atom. The third-order valence-corrected chi connectivity index (χ3v) is 5.02. The smallest absolute Gasteiger partial charge is 0.255 e. The number of likely N-dealkylation sites (tertiary alicyclic amines) is 1. The molecule has 2 unspecified atom stereocenters. The van der Waals surface area contributed by atoms with Crippen LogP contribution in [0.3, 0.4) is 0 Å². The Morgan fingerprint density at radius 3 is 2.68 bits per heavy atom. The van der Waals surface area contributed by atoms with Gasteiger partial charge in [-0.15, -0.1) is 12.4 Å². The Labute approximate surface area is 154 Å². The van der Waals surface area contributed by atoms with E-state index in [0.29, 0.717) is 18.3 Å². The number of aryl methyl sites for hydroxylation is 2. The second-order valence-corrected chi connectivity index (χ2v) is 6.93. The highest BCUT2D eigenvalue weighted by molar-refractivity contribution is 5.96. The van der Waals surface area contributed by atoms with Crippen LogP contribution in [0.15, 0.2) is 16.7 Å². The highest BCUT2D eigenvalue weighted by atomic mass is 35.5. The van der Waals surface area contributed by atoms with Crippen LogP contribution >= 0.6 is 12.4 Å². The van der Waals surface area contributed by atoms with Crippen LogP contribution in [-0.2, 0) is 0 Å². The molecule has 0 spiro atoms. The van der Waals surface area contributed by atoms with Crippen molar-refractivity contribution in [1.29, 1.82) is 0 Å². The number of hydrogen-bond acceptors (Lipinski definition) is 4. The molecule has 2 atom stereocenters. The summed E-state index contributed by atoms with van der Waals surface area (Å²) in [5.74, 6) is 2.15. The maximum atomic E-state index is 13.1. The molecule has 1 aliphatic heterocycles. The first kappa shape index (κ1) is 19.5. The predicted octanol–water partition coefficient (Wildman–Crippen LogP) is 3.01. The summed E-state index contributed by atoms with van der Waals surface area (Å²) in [7, 11) is 0. The van der Waals surface area contributed by atoms with Crippen LogP contribution in [0.1, 0.15) is 47.3 Å². The van der Waals surface area contributed by atoms with Gasteiger partial charge in [-0.3, -0.25) is 9.36 Å². The predicted molar refractivity (Wildman–Crippen MR) is 99.6 cm³/mol. The van der Waals surface area contributed by atoms with Crippen molar-refractivity contribution in [3.8, 4) is 5.82 Å². The van der Waals surface area contributed by atoms with Crippen molar-refractivity contribution in [2.24, 2.45) is 11.7 Å². The number of nitrogens with two attached hydrogens (primary N) is 1. The maximum Gasteiger partial charge on any atom is 0.255 e. The molecule has 7 heteroatoms. The summed E-state index contributed by atoms with van der Waals surface area (Å²) in [6.45, 7) is 9.30. The molecule has 3 rings (SSSR count). The monoisotopic (exact) mass is 366 g/mol. The van der Waals surface area contributed by atoms with Gasteiger partial charge in [0.1, 0.15) is 5.76 Å². The quantitative estimate of drug-likeness (QED) is 0.905. The van der Waals surface area contributed by atoms with Gasteiger partial charge in [-0.1, -0.05) is 12.1 Å². The molecule has 1 amide bonds. The molecule has 1 aliphatic rings. The number of halogens is 1. The molecule has 0 bridgehead atoms. The minimum Gasteiger partial charge on any atom is -0.360 e. The van der Waals surface area contributed by atoms with Crippen LogP contribution in [0.25, 0.3) is 5.82 Å². The highest BCUT2D eigenvalue weighted by Crippen LogP contribution is 2.27. The number of amides is 1. The lowest BCUT2D eigenvalue weighted by molar-refractivity contribution is 0.0573. The Bertz CT molecular complexity index is 752. The second-order valence-electron chi connectivity index (χ2n) is 6.93. The van der Waals surface area contributed by atoms with E-state index in [4.69, 9.17) is 10.3 Å². The van der Waals surface area contributed by atoms with Crippen molar-refractivity contribution in [3.05, 3.63) is 34.8 Å². The third kappa shape index (κ3) is 3.60. The van der Waals surface area contributed by atoms with Crippen molar-refractivity contribution in [2.75, 3.05) is 13.1 Å². The molecule has 6 nitrogen and oxygen atoms in total. The Balaban J connectivity index is 0.00000225. The molecule has 1 saturated heterocycles. The average molecular weight is 367 g/mol. The number of hydrogen-bond donors (Lipinski definition) is 1. The molecule has 2 aromatic heterocycles. The summed E-state index contributed by atoms with van der Waals surface area (Å²) in [6, 6.07) is 3.94. The fourth-order valence-corrected chi connectivity index (χ4v) is 3.69. The van der Waals surface area contributed by atoms with Crippen molar-refractivity contribution < 1.29 is 9.32 Å². The Kier molecular flexibility index (Phi) is 5.95. The van der Waals surface area contributed by atoms with Crippen molar-refractivity contribution in [3.63, 3.8) is 0 Å². The Morgan fingerprint density at radius 1 is 1.36 bits per heavy atom. The SMILES string of the molecule is Cc1cc(-n2c(C)cc(C(=O)N3CCC(C)CC3CN)c2C)no1.Cl. The second kappa shape index (κ2) is 7.62. The van der Waals surface area contributed by atoms with E-state index in [-0.39, 0.29) is 24.4 Å². The van der Waals surface area contributed by atoms with Crippen molar-refractivity contribution >= 4 is 18.3 Å². The van der Waals surface area contributed by atoms with E-state index < -0.39 is 0 Å². The number of nitrogens with zero attached hydrogens (tertiary/aromatic N) is 3. The van der Waals surface area contributed by atoms with Crippen LogP contribution < -0.4 is 5.73 Å². The zero-order valence-electron chi connectivity index (χ0n) is 15.3. The topological polar surface area (TPSA) is 77.3 Å². The van der Waals surface area contributed by atoms with Gasteiger partial charge in [0, 0.05) is 36.6 Å². The van der Waals surface area contributed by atoms with Crippen LogP contribution in [0, 0.1) is 26.7 Å². The molecule has 2 N–H and O–H groups in total. The lowest BCUT2D eigenvalue weighted by Gasteiger charge is -2.38. The van der Waals surface area contributed by atoms with Crippen LogP contribution in [0.5, 0.6) is 0 Å². The molecule has 3 heterocycles. The summed E-state index contributed by atoms with van der Waals surface area (Å²) >= 11 is 0. The Hall–Kier alpha value is -1.79. The van der Waals surface area contributed by atoms with Gasteiger partial charge in [-0.2, -0.15) is 0 Å². The van der Waals surface area contributed by atoms with Crippen LogP contribution in [0.4, 0.5) is 0 Å². The number of carbonyl (C=O) groups is 1. The molecular weight excluding hydrogens is 340 g/mol. The average Bonchev–Trinajstić information content (AvgIpc) is 3.09. The first-order valence-electron chi connectivity index (χ1n) is 8.56. The zero-order valence-corrected chi connectivity index (χ0v) is 16.1. The standard InChI is InChI=1S/C18H26N4O2.ClH/c1-11-5-6-21(15(7-11)10-19)18(23)16-8-12(2)22(14(16)4)17-9-13(3)24-20-17;/h8-9,11,15H,5-7,10,19H2,1-4H3;1H. The molecule has 0 aromatic carbocycles. The van der Waals surface area contributed by atoms with Crippen LogP contribution in [0.2, 0.25) is 0 Å². The summed E-state index contributed by atoms with van der Waals surface area (Å²) in [6.07, 6.45) is 2.01. The fraction of sp³-hybridized carbons (Fsp3) is 0.556. The first-order valence-corrected chi connectivity index (χ1v) is 8.56. The van der Waals surface area contributed by atoms with Gasteiger partial charge >= 0.3 is 0 Å². The molecule has 0 radical (unpaired) electrons. The summed E-state index contributed by atoms with van der Waals surface area (Å²) in [5, 5.41) is 4.08. The molecule has 0 saturated carbocycles. The molecule has 1 fully saturated rings. The molecule has 2 aromatic rings. The first-order chi connectivity index (χ1) is 11.4. The van der Waals surface area contributed by atoms with E-state index in [1.165, 1.54) is 0 Å². The number of piperidine rings is 1. The van der Waals surface area contributed by atoms with Crippen molar-refractivity contribution in [1.82, 2.24) is 14.6 Å². The minimum atomic E-state index is 0. The lowest BCUT2D eigenvalue weighted by atomic mass is 9.92. The van der Waals surface area contributed by atoms with E-state index >= 15 is 0 Å². The number of rotatable bonds is 3. The van der Waals surface area contributed by atoms with E-state index in [0.717, 1.165) is 42.1 Å². The van der Waals surface area contributed by atoms with Gasteiger partial charge in [-0.05, 0) is 45.6 Å². The molecule has 25 heavy (non-hydrogen) atoms. The summed E-state index contributed by atoms with van der Waals surface area (Å²) < 4.78 is 7.14. The molecular formula is C18H27ClN4O2. The van der Waals surface area contributed by atoms with E-state index in [9.17, 15) is 4.79 Å². The van der Waals surface area contributed by atoms with E-state index in [1.54, 1.807) is 0 Å². The van der Waals surface area contributed by atoms with Gasteiger partial charge in [0.15, 0.2) is 5.82 Å². The third-order valence-electron chi connectivity index (χ3n) is 5.02. The van der Waals surface area contributed by atoms with Crippen LogP contribution in [-0.4, -0.2) is 39.7 Å². The molecule has 138 valence electrons. The largest absolute Gasteiger partial charge is 0.360 e. The number of carbonyl (C=O) groups excluding carboxylic acids is 1. The van der Waals surface area contributed by atoms with Gasteiger partial charge in [0.2, 0.25) is 0 Å². The highest BCUT2D eigenvalue weighted by Gasteiger charge is 2.31. The maximum absolute atomic E-state index is 13.1. The summed E-state index contributed by atoms with van der Waals surface area (Å²) in [5.41, 5.74) is 8.50. The van der Waals surface area contributed by atoms with E-state index in [2.05, 4.69) is 12.1 Å². The van der Waals surface area contributed by atoms with Gasteiger partial charge < -0.3 is 15.2 Å². The summed E-state index contributed by atoms with van der Waals surface area (Å²) in [4.78, 5) is 15.1. The van der Waals surface area contributed by atoms with Crippen molar-refractivity contribution in [2.45, 2.75) is 46.6 Å².